The van der Waals surface area contributed by atoms with Gasteiger partial charge < -0.3 is 4.57 Å². The van der Waals surface area contributed by atoms with Gasteiger partial charge in [0, 0.05) is 47.6 Å². The van der Waals surface area contributed by atoms with Crippen molar-refractivity contribution in [2.24, 2.45) is 0 Å². The molecule has 0 unspecified atom stereocenters. The molecule has 0 saturated carbocycles. The smallest absolute Gasteiger partial charge is 0.229 e. The Balaban J connectivity index is 1.42. The second-order valence-corrected chi connectivity index (χ2v) is 9.33. The molecule has 2 aromatic carbocycles. The van der Waals surface area contributed by atoms with Crippen LogP contribution in [0.5, 0.6) is 0 Å². The molecular weight excluding hydrogens is 436 g/mol. The third-order valence-corrected chi connectivity index (χ3v) is 6.90. The fourth-order valence-electron chi connectivity index (χ4n) is 3.05. The number of aryl methyl sites for hydroxylation is 1. The Kier molecular flexibility index (Phi) is 7.04. The van der Waals surface area contributed by atoms with Crippen molar-refractivity contribution in [2.45, 2.75) is 24.3 Å². The van der Waals surface area contributed by atoms with Gasteiger partial charge in [-0.25, -0.2) is 9.97 Å². The van der Waals surface area contributed by atoms with Gasteiger partial charge >= 0.3 is 0 Å². The average Bonchev–Trinajstić information content (AvgIpc) is 3.42. The Hall–Kier alpha value is -2.35. The minimum Gasteiger partial charge on any atom is -0.337 e. The van der Waals surface area contributed by atoms with E-state index in [1.54, 1.807) is 35.6 Å². The molecule has 2 aromatic heterocycles. The van der Waals surface area contributed by atoms with Gasteiger partial charge in [-0.15, -0.1) is 11.8 Å². The van der Waals surface area contributed by atoms with Gasteiger partial charge in [-0.1, -0.05) is 35.1 Å². The molecule has 0 saturated heterocycles. The molecule has 154 valence electrons. The third-order valence-electron chi connectivity index (χ3n) is 4.57. The summed E-state index contributed by atoms with van der Waals surface area (Å²) in [4.78, 5) is 24.8. The van der Waals surface area contributed by atoms with E-state index in [2.05, 4.69) is 4.98 Å². The molecule has 0 spiro atoms. The van der Waals surface area contributed by atoms with Crippen molar-refractivity contribution in [1.29, 1.82) is 0 Å². The van der Waals surface area contributed by atoms with Gasteiger partial charge in [-0.3, -0.25) is 9.69 Å². The van der Waals surface area contributed by atoms with E-state index in [0.29, 0.717) is 18.7 Å². The summed E-state index contributed by atoms with van der Waals surface area (Å²) >= 11 is 9.17. The molecule has 0 aliphatic rings. The Morgan fingerprint density at radius 1 is 1.17 bits per heavy atom. The Morgan fingerprint density at radius 2 is 2.00 bits per heavy atom. The number of rotatable bonds is 9. The van der Waals surface area contributed by atoms with E-state index in [9.17, 15) is 4.79 Å². The lowest BCUT2D eigenvalue weighted by Gasteiger charge is -2.20. The maximum Gasteiger partial charge on any atom is 0.229 e. The normalized spacial score (nSPS) is 11.1. The highest BCUT2D eigenvalue weighted by Gasteiger charge is 2.19. The van der Waals surface area contributed by atoms with Gasteiger partial charge in [0.15, 0.2) is 5.13 Å². The first-order chi connectivity index (χ1) is 14.7. The van der Waals surface area contributed by atoms with Crippen LogP contribution in [0.25, 0.3) is 10.2 Å². The SMILES string of the molecule is O=C(CCSc1ccc(Cl)cc1)N(CCCn1ccnc1)c1nc2ccccc2s1. The lowest BCUT2D eigenvalue weighted by molar-refractivity contribution is -0.118. The number of carbonyl (C=O) groups is 1. The largest absolute Gasteiger partial charge is 0.337 e. The second-order valence-electron chi connectivity index (χ2n) is 6.72. The molecule has 1 amide bonds. The van der Waals surface area contributed by atoms with Crippen molar-refractivity contribution in [1.82, 2.24) is 14.5 Å². The minimum absolute atomic E-state index is 0.0983. The summed E-state index contributed by atoms with van der Waals surface area (Å²) < 4.78 is 3.12. The zero-order valence-corrected chi connectivity index (χ0v) is 18.7. The number of hydrogen-bond donors (Lipinski definition) is 0. The molecule has 0 atom stereocenters. The molecule has 0 aliphatic carbocycles. The fraction of sp³-hybridized carbons (Fsp3) is 0.227. The van der Waals surface area contributed by atoms with E-state index < -0.39 is 0 Å². The molecule has 4 aromatic rings. The van der Waals surface area contributed by atoms with Crippen LogP contribution in [0.3, 0.4) is 0 Å². The fourth-order valence-corrected chi connectivity index (χ4v) is 5.03. The number of amides is 1. The van der Waals surface area contributed by atoms with Gasteiger partial charge in [-0.2, -0.15) is 0 Å². The summed E-state index contributed by atoms with van der Waals surface area (Å²) in [6.07, 6.45) is 6.79. The molecule has 0 radical (unpaired) electrons. The molecule has 8 heteroatoms. The second kappa shape index (κ2) is 10.1. The van der Waals surface area contributed by atoms with Gasteiger partial charge in [0.1, 0.15) is 0 Å². The number of imidazole rings is 1. The number of benzene rings is 2. The van der Waals surface area contributed by atoms with Crippen LogP contribution >= 0.6 is 34.7 Å². The Labute approximate surface area is 188 Å². The number of aromatic nitrogens is 3. The molecule has 0 bridgehead atoms. The van der Waals surface area contributed by atoms with E-state index in [1.165, 1.54) is 0 Å². The van der Waals surface area contributed by atoms with E-state index in [-0.39, 0.29) is 5.91 Å². The topological polar surface area (TPSA) is 51.0 Å². The first-order valence-corrected chi connectivity index (χ1v) is 11.9. The van der Waals surface area contributed by atoms with E-state index in [0.717, 1.165) is 38.2 Å². The lowest BCUT2D eigenvalue weighted by Crippen LogP contribution is -2.32. The molecule has 5 nitrogen and oxygen atoms in total. The maximum atomic E-state index is 13.1. The quantitative estimate of drug-likeness (QED) is 0.301. The number of hydrogen-bond acceptors (Lipinski definition) is 5. The van der Waals surface area contributed by atoms with E-state index >= 15 is 0 Å². The van der Waals surface area contributed by atoms with Crippen molar-refractivity contribution in [2.75, 3.05) is 17.2 Å². The van der Waals surface area contributed by atoms with Crippen molar-refractivity contribution >= 4 is 56.0 Å². The van der Waals surface area contributed by atoms with Crippen LogP contribution < -0.4 is 4.90 Å². The zero-order valence-electron chi connectivity index (χ0n) is 16.3. The number of halogens is 1. The van der Waals surface area contributed by atoms with Crippen LogP contribution in [0.1, 0.15) is 12.8 Å². The standard InChI is InChI=1S/C22H21ClN4OS2/c23-17-6-8-18(9-7-17)29-15-10-21(28)27(13-3-12-26-14-11-24-16-26)22-25-19-4-1-2-5-20(19)30-22/h1-2,4-9,11,14,16H,3,10,12-13,15H2. The Bertz CT molecular complexity index is 1060. The minimum atomic E-state index is 0.0983. The summed E-state index contributed by atoms with van der Waals surface area (Å²) in [6.45, 7) is 1.44. The van der Waals surface area contributed by atoms with Gasteiger partial charge in [0.05, 0.1) is 16.5 Å². The number of carbonyl (C=O) groups excluding carboxylic acids is 1. The lowest BCUT2D eigenvalue weighted by atomic mass is 10.3. The molecule has 2 heterocycles. The Morgan fingerprint density at radius 3 is 2.77 bits per heavy atom. The summed E-state index contributed by atoms with van der Waals surface area (Å²) in [5, 5.41) is 1.48. The maximum absolute atomic E-state index is 13.1. The molecular formula is C22H21ClN4OS2. The monoisotopic (exact) mass is 456 g/mol. The van der Waals surface area contributed by atoms with Crippen LogP contribution in [0.2, 0.25) is 5.02 Å². The molecule has 0 aliphatic heterocycles. The van der Waals surface area contributed by atoms with Crippen LogP contribution in [0.15, 0.2) is 72.1 Å². The van der Waals surface area contributed by atoms with Crippen molar-refractivity contribution in [3.8, 4) is 0 Å². The van der Waals surface area contributed by atoms with Crippen molar-refractivity contribution in [3.05, 3.63) is 72.3 Å². The number of para-hydroxylation sites is 1. The number of fused-ring (bicyclic) bond motifs is 1. The molecule has 30 heavy (non-hydrogen) atoms. The summed E-state index contributed by atoms with van der Waals surface area (Å²) in [5.41, 5.74) is 0.931. The van der Waals surface area contributed by atoms with Crippen LogP contribution in [0.4, 0.5) is 5.13 Å². The summed E-state index contributed by atoms with van der Waals surface area (Å²) in [5.74, 6) is 0.810. The molecule has 0 fully saturated rings. The average molecular weight is 457 g/mol. The first-order valence-electron chi connectivity index (χ1n) is 9.69. The van der Waals surface area contributed by atoms with Gasteiger partial charge in [0.2, 0.25) is 5.91 Å². The van der Waals surface area contributed by atoms with Crippen LogP contribution in [0, 0.1) is 0 Å². The number of anilines is 1. The predicted octanol–water partition coefficient (Wildman–Crippen LogP) is 5.75. The highest BCUT2D eigenvalue weighted by molar-refractivity contribution is 7.99. The van der Waals surface area contributed by atoms with Crippen molar-refractivity contribution < 1.29 is 4.79 Å². The van der Waals surface area contributed by atoms with Gasteiger partial charge in [-0.05, 0) is 42.8 Å². The van der Waals surface area contributed by atoms with Crippen LogP contribution in [-0.4, -0.2) is 32.7 Å². The number of nitrogens with zero attached hydrogens (tertiary/aromatic N) is 4. The summed E-state index contributed by atoms with van der Waals surface area (Å²) in [7, 11) is 0. The van der Waals surface area contributed by atoms with Crippen LogP contribution in [-0.2, 0) is 11.3 Å². The number of thiazole rings is 1. The molecule has 4 rings (SSSR count). The van der Waals surface area contributed by atoms with Crippen molar-refractivity contribution in [3.63, 3.8) is 0 Å². The highest BCUT2D eigenvalue weighted by atomic mass is 35.5. The highest BCUT2D eigenvalue weighted by Crippen LogP contribution is 2.30. The van der Waals surface area contributed by atoms with E-state index in [4.69, 9.17) is 16.6 Å². The predicted molar refractivity (Wildman–Crippen MR) is 126 cm³/mol. The van der Waals surface area contributed by atoms with E-state index in [1.807, 2.05) is 64.2 Å². The first kappa shape index (κ1) is 20.9. The zero-order chi connectivity index (χ0) is 20.8. The number of thioether (sulfide) groups is 1. The van der Waals surface area contributed by atoms with Gasteiger partial charge in [0.25, 0.3) is 0 Å². The summed E-state index contributed by atoms with van der Waals surface area (Å²) in [6, 6.07) is 15.7. The third kappa shape index (κ3) is 5.41. The molecule has 0 N–H and O–H groups in total.